The van der Waals surface area contributed by atoms with E-state index in [1.54, 1.807) is 36.2 Å². The van der Waals surface area contributed by atoms with E-state index >= 15 is 0 Å². The number of fused-ring (bicyclic) bond motifs is 1. The van der Waals surface area contributed by atoms with Crippen molar-refractivity contribution in [1.82, 2.24) is 13.8 Å². The summed E-state index contributed by atoms with van der Waals surface area (Å²) in [5, 5.41) is 0. The number of hydrogen-bond acceptors (Lipinski definition) is 7. The van der Waals surface area contributed by atoms with Gasteiger partial charge in [-0.1, -0.05) is 0 Å². The van der Waals surface area contributed by atoms with E-state index in [4.69, 9.17) is 13.9 Å². The van der Waals surface area contributed by atoms with E-state index in [0.29, 0.717) is 22.6 Å². The fourth-order valence-corrected chi connectivity index (χ4v) is 5.15. The molecule has 32 heavy (non-hydrogen) atoms. The molecule has 1 aromatic heterocycles. The lowest BCUT2D eigenvalue weighted by Crippen LogP contribution is -2.50. The summed E-state index contributed by atoms with van der Waals surface area (Å²) in [5.41, 5.74) is 1.16. The van der Waals surface area contributed by atoms with Gasteiger partial charge in [-0.25, -0.2) is 13.2 Å². The van der Waals surface area contributed by atoms with Crippen molar-refractivity contribution in [3.63, 3.8) is 0 Å². The zero-order chi connectivity index (χ0) is 23.0. The van der Waals surface area contributed by atoms with Crippen LogP contribution in [-0.2, 0) is 17.1 Å². The Morgan fingerprint density at radius 2 is 1.66 bits per heavy atom. The van der Waals surface area contributed by atoms with Gasteiger partial charge in [-0.15, -0.1) is 0 Å². The van der Waals surface area contributed by atoms with Crippen LogP contribution in [0.4, 0.5) is 0 Å². The van der Waals surface area contributed by atoms with Gasteiger partial charge in [0, 0.05) is 44.9 Å². The molecule has 4 rings (SSSR count). The summed E-state index contributed by atoms with van der Waals surface area (Å²) in [5.74, 6) is 0.195. The summed E-state index contributed by atoms with van der Waals surface area (Å²) in [4.78, 5) is 26.2. The Hall–Kier alpha value is -3.31. The van der Waals surface area contributed by atoms with Crippen LogP contribution in [0, 0.1) is 0 Å². The van der Waals surface area contributed by atoms with Crippen molar-refractivity contribution >= 4 is 27.0 Å². The number of carbonyl (C=O) groups excluding carboxylic acids is 1. The molecule has 0 radical (unpaired) electrons. The van der Waals surface area contributed by atoms with Crippen LogP contribution < -0.4 is 15.2 Å². The highest BCUT2D eigenvalue weighted by Crippen LogP contribution is 2.28. The van der Waals surface area contributed by atoms with Gasteiger partial charge >= 0.3 is 5.76 Å². The second-order valence-electron chi connectivity index (χ2n) is 7.32. The summed E-state index contributed by atoms with van der Waals surface area (Å²) in [7, 11) is 0.759. The molecule has 3 aromatic rings. The Labute approximate surface area is 184 Å². The molecule has 1 aliphatic heterocycles. The lowest BCUT2D eigenvalue weighted by atomic mass is 10.1. The van der Waals surface area contributed by atoms with Crippen molar-refractivity contribution in [1.29, 1.82) is 0 Å². The van der Waals surface area contributed by atoms with Gasteiger partial charge in [0.1, 0.15) is 0 Å². The van der Waals surface area contributed by atoms with Crippen molar-refractivity contribution in [2.75, 3.05) is 40.4 Å². The van der Waals surface area contributed by atoms with E-state index in [1.165, 1.54) is 35.2 Å². The number of amides is 1. The zero-order valence-corrected chi connectivity index (χ0v) is 18.7. The fourth-order valence-electron chi connectivity index (χ4n) is 3.71. The zero-order valence-electron chi connectivity index (χ0n) is 17.9. The quantitative estimate of drug-likeness (QED) is 0.563. The Balaban J connectivity index is 1.49. The number of oxazole rings is 1. The molecule has 1 aliphatic rings. The predicted octanol–water partition coefficient (Wildman–Crippen LogP) is 1.30. The third-order valence-corrected chi connectivity index (χ3v) is 7.45. The standard InChI is InChI=1S/C21H23N3O7S/c1-22-16-6-5-15(13-18(16)31-21(22)26)32(27,28)24-10-8-23(9-11-24)20(25)14-4-7-17(29-2)19(12-14)30-3/h4-7,12-13H,8-11H2,1-3H3. The molecule has 0 bridgehead atoms. The number of rotatable bonds is 5. The molecule has 10 nitrogen and oxygen atoms in total. The van der Waals surface area contributed by atoms with E-state index in [0.717, 1.165) is 0 Å². The number of aryl methyl sites for hydroxylation is 1. The summed E-state index contributed by atoms with van der Waals surface area (Å²) in [6.45, 7) is 0.792. The average Bonchev–Trinajstić information content (AvgIpc) is 3.10. The molecule has 0 atom stereocenters. The van der Waals surface area contributed by atoms with Gasteiger partial charge in [-0.2, -0.15) is 4.31 Å². The molecule has 0 N–H and O–H groups in total. The fraction of sp³-hybridized carbons (Fsp3) is 0.333. The largest absolute Gasteiger partial charge is 0.493 e. The van der Waals surface area contributed by atoms with Gasteiger partial charge < -0.3 is 18.8 Å². The van der Waals surface area contributed by atoms with Crippen molar-refractivity contribution in [2.45, 2.75) is 4.90 Å². The molecule has 2 aromatic carbocycles. The van der Waals surface area contributed by atoms with E-state index in [9.17, 15) is 18.0 Å². The second-order valence-corrected chi connectivity index (χ2v) is 9.26. The molecule has 170 valence electrons. The van der Waals surface area contributed by atoms with Gasteiger partial charge in [0.05, 0.1) is 24.6 Å². The highest BCUT2D eigenvalue weighted by molar-refractivity contribution is 7.89. The number of carbonyl (C=O) groups is 1. The van der Waals surface area contributed by atoms with Gasteiger partial charge in [-0.3, -0.25) is 9.36 Å². The Morgan fingerprint density at radius 1 is 0.969 bits per heavy atom. The van der Waals surface area contributed by atoms with Crippen LogP contribution in [0.25, 0.3) is 11.1 Å². The summed E-state index contributed by atoms with van der Waals surface area (Å²) >= 11 is 0. The Morgan fingerprint density at radius 3 is 2.31 bits per heavy atom. The van der Waals surface area contributed by atoms with Crippen LogP contribution in [0.3, 0.4) is 0 Å². The molecule has 1 saturated heterocycles. The van der Waals surface area contributed by atoms with E-state index in [1.807, 2.05) is 0 Å². The monoisotopic (exact) mass is 461 g/mol. The molecular weight excluding hydrogens is 438 g/mol. The smallest absolute Gasteiger partial charge is 0.419 e. The lowest BCUT2D eigenvalue weighted by Gasteiger charge is -2.34. The van der Waals surface area contributed by atoms with Crippen LogP contribution in [0.5, 0.6) is 11.5 Å². The van der Waals surface area contributed by atoms with E-state index in [2.05, 4.69) is 0 Å². The number of sulfonamides is 1. The molecule has 2 heterocycles. The SMILES string of the molecule is COc1ccc(C(=O)N2CCN(S(=O)(=O)c3ccc4c(c3)oc(=O)n4C)CC2)cc1OC. The van der Waals surface area contributed by atoms with Crippen molar-refractivity contribution in [3.05, 3.63) is 52.5 Å². The Bertz CT molecular complexity index is 1340. The van der Waals surface area contributed by atoms with Crippen LogP contribution >= 0.6 is 0 Å². The average molecular weight is 461 g/mol. The topological polar surface area (TPSA) is 111 Å². The van der Waals surface area contributed by atoms with Gasteiger partial charge in [0.15, 0.2) is 17.1 Å². The summed E-state index contributed by atoms with van der Waals surface area (Å²) < 4.78 is 44.4. The van der Waals surface area contributed by atoms with Crippen molar-refractivity contribution < 1.29 is 27.1 Å². The highest BCUT2D eigenvalue weighted by atomic mass is 32.2. The Kier molecular flexibility index (Phi) is 5.70. The molecule has 11 heteroatoms. The van der Waals surface area contributed by atoms with Crippen LogP contribution in [0.1, 0.15) is 10.4 Å². The first-order chi connectivity index (χ1) is 15.3. The molecular formula is C21H23N3O7S. The van der Waals surface area contributed by atoms with E-state index in [-0.39, 0.29) is 42.6 Å². The van der Waals surface area contributed by atoms with Gasteiger partial charge in [0.25, 0.3) is 5.91 Å². The molecule has 1 amide bonds. The van der Waals surface area contributed by atoms with Crippen molar-refractivity contribution in [2.24, 2.45) is 7.05 Å². The maximum absolute atomic E-state index is 13.1. The maximum atomic E-state index is 13.1. The summed E-state index contributed by atoms with van der Waals surface area (Å²) in [6.07, 6.45) is 0. The molecule has 0 aliphatic carbocycles. The van der Waals surface area contributed by atoms with Crippen LogP contribution in [0.2, 0.25) is 0 Å². The number of benzene rings is 2. The van der Waals surface area contributed by atoms with E-state index < -0.39 is 15.8 Å². The number of piperazine rings is 1. The minimum absolute atomic E-state index is 0.0408. The minimum Gasteiger partial charge on any atom is -0.493 e. The number of aromatic nitrogens is 1. The predicted molar refractivity (Wildman–Crippen MR) is 116 cm³/mol. The minimum atomic E-state index is -3.80. The number of ether oxygens (including phenoxy) is 2. The van der Waals surface area contributed by atoms with Crippen LogP contribution in [-0.4, -0.2) is 68.5 Å². The molecule has 0 saturated carbocycles. The third kappa shape index (κ3) is 3.73. The molecule has 1 fully saturated rings. The molecule has 0 spiro atoms. The first-order valence-electron chi connectivity index (χ1n) is 9.87. The third-order valence-electron chi connectivity index (χ3n) is 5.56. The van der Waals surface area contributed by atoms with Crippen molar-refractivity contribution in [3.8, 4) is 11.5 Å². The summed E-state index contributed by atoms with van der Waals surface area (Å²) in [6, 6.07) is 9.26. The van der Waals surface area contributed by atoms with Gasteiger partial charge in [0.2, 0.25) is 10.0 Å². The normalized spacial score (nSPS) is 15.2. The number of nitrogens with zero attached hydrogens (tertiary/aromatic N) is 3. The molecule has 0 unspecified atom stereocenters. The first kappa shape index (κ1) is 21.9. The highest BCUT2D eigenvalue weighted by Gasteiger charge is 2.31. The van der Waals surface area contributed by atoms with Crippen LogP contribution in [0.15, 0.2) is 50.5 Å². The number of hydrogen-bond donors (Lipinski definition) is 0. The first-order valence-corrected chi connectivity index (χ1v) is 11.3. The number of methoxy groups -OCH3 is 2. The van der Waals surface area contributed by atoms with Gasteiger partial charge in [-0.05, 0) is 30.3 Å². The lowest BCUT2D eigenvalue weighted by molar-refractivity contribution is 0.0697. The second kappa shape index (κ2) is 8.32. The maximum Gasteiger partial charge on any atom is 0.419 e.